The number of hydrogen-bond acceptors (Lipinski definition) is 5. The van der Waals surface area contributed by atoms with Crippen molar-refractivity contribution in [1.82, 2.24) is 20.3 Å². The van der Waals surface area contributed by atoms with Gasteiger partial charge in [-0.25, -0.2) is 4.98 Å². The van der Waals surface area contributed by atoms with Crippen molar-refractivity contribution in [2.45, 2.75) is 45.6 Å². The van der Waals surface area contributed by atoms with Crippen molar-refractivity contribution < 1.29 is 4.79 Å². The highest BCUT2D eigenvalue weighted by Crippen LogP contribution is 2.31. The number of nitrogens with one attached hydrogen (secondary N) is 2. The predicted molar refractivity (Wildman–Crippen MR) is 114 cm³/mol. The molecule has 0 saturated heterocycles. The summed E-state index contributed by atoms with van der Waals surface area (Å²) >= 11 is 1.67. The number of H-pyrrole nitrogens is 1. The van der Waals surface area contributed by atoms with Crippen LogP contribution in [-0.4, -0.2) is 20.9 Å². The summed E-state index contributed by atoms with van der Waals surface area (Å²) in [5, 5.41) is 5.09. The summed E-state index contributed by atoms with van der Waals surface area (Å²) in [5.41, 5.74) is 2.83. The molecular weight excluding hydrogens is 384 g/mol. The zero-order valence-corrected chi connectivity index (χ0v) is 17.4. The van der Waals surface area contributed by atoms with E-state index >= 15 is 0 Å². The number of aryl methyl sites for hydroxylation is 1. The van der Waals surface area contributed by atoms with Gasteiger partial charge in [0.05, 0.1) is 17.3 Å². The Labute approximate surface area is 173 Å². The fourth-order valence-corrected chi connectivity index (χ4v) is 4.87. The van der Waals surface area contributed by atoms with Crippen LogP contribution in [0.4, 0.5) is 0 Å². The number of hydrogen-bond donors (Lipinski definition) is 2. The topological polar surface area (TPSA) is 87.7 Å². The number of aromatic amines is 1. The first kappa shape index (κ1) is 19.5. The Morgan fingerprint density at radius 2 is 2.07 bits per heavy atom. The lowest BCUT2D eigenvalue weighted by molar-refractivity contribution is 0.0923. The van der Waals surface area contributed by atoms with Crippen molar-refractivity contribution in [3.8, 4) is 11.5 Å². The molecule has 0 spiro atoms. The smallest absolute Gasteiger partial charge is 0.252 e. The van der Waals surface area contributed by atoms with Gasteiger partial charge in [-0.1, -0.05) is 19.9 Å². The Bertz CT molecular complexity index is 1070. The monoisotopic (exact) mass is 408 g/mol. The van der Waals surface area contributed by atoms with Gasteiger partial charge in [0, 0.05) is 22.5 Å². The Hall–Kier alpha value is -2.80. The third kappa shape index (κ3) is 4.15. The van der Waals surface area contributed by atoms with Gasteiger partial charge in [-0.2, -0.15) is 0 Å². The number of pyridine rings is 1. The molecule has 0 fully saturated rings. The molecule has 0 bridgehead atoms. The highest BCUT2D eigenvalue weighted by atomic mass is 32.1. The number of rotatable bonds is 5. The van der Waals surface area contributed by atoms with Gasteiger partial charge in [-0.15, -0.1) is 11.3 Å². The molecule has 0 aromatic carbocycles. The fourth-order valence-electron chi connectivity index (χ4n) is 3.75. The molecule has 150 valence electrons. The van der Waals surface area contributed by atoms with Crippen molar-refractivity contribution in [1.29, 1.82) is 0 Å². The molecule has 29 heavy (non-hydrogen) atoms. The molecule has 0 aliphatic heterocycles. The third-order valence-corrected chi connectivity index (χ3v) is 6.34. The first-order valence-electron chi connectivity index (χ1n) is 9.95. The van der Waals surface area contributed by atoms with E-state index in [1.807, 2.05) is 31.4 Å². The van der Waals surface area contributed by atoms with E-state index in [0.29, 0.717) is 17.2 Å². The van der Waals surface area contributed by atoms with E-state index in [0.717, 1.165) is 24.8 Å². The van der Waals surface area contributed by atoms with Crippen LogP contribution in [0.3, 0.4) is 0 Å². The van der Waals surface area contributed by atoms with Crippen LogP contribution < -0.4 is 10.9 Å². The largest absolute Gasteiger partial charge is 0.343 e. The maximum absolute atomic E-state index is 13.1. The number of fused-ring (bicyclic) bond motifs is 1. The molecular formula is C22H24N4O2S. The summed E-state index contributed by atoms with van der Waals surface area (Å²) in [6, 6.07) is 6.54. The van der Waals surface area contributed by atoms with Crippen LogP contribution in [0.25, 0.3) is 11.5 Å². The molecule has 6 nitrogen and oxygen atoms in total. The predicted octanol–water partition coefficient (Wildman–Crippen LogP) is 3.90. The van der Waals surface area contributed by atoms with E-state index < -0.39 is 0 Å². The zero-order valence-electron chi connectivity index (χ0n) is 16.6. The Morgan fingerprint density at radius 3 is 2.83 bits per heavy atom. The molecule has 2 N–H and O–H groups in total. The minimum Gasteiger partial charge on any atom is -0.343 e. The van der Waals surface area contributed by atoms with Crippen LogP contribution in [0.15, 0.2) is 40.6 Å². The molecule has 7 heteroatoms. The lowest BCUT2D eigenvalue weighted by atomic mass is 9.95. The molecule has 3 heterocycles. The highest BCUT2D eigenvalue weighted by molar-refractivity contribution is 7.10. The Balaban J connectivity index is 1.65. The van der Waals surface area contributed by atoms with E-state index in [2.05, 4.69) is 20.3 Å². The SMILES string of the molecule is CC(C)[C@@H](NC(=O)c1csc2c1CCCC2)c1cc(=O)[nH]c(-c2ccccn2)n1. The number of thiophene rings is 1. The van der Waals surface area contributed by atoms with Gasteiger partial charge in [0.25, 0.3) is 11.5 Å². The second-order valence-electron chi connectivity index (χ2n) is 7.69. The van der Waals surface area contributed by atoms with Crippen LogP contribution in [0.1, 0.15) is 59.2 Å². The van der Waals surface area contributed by atoms with Gasteiger partial charge in [0.15, 0.2) is 5.82 Å². The van der Waals surface area contributed by atoms with Gasteiger partial charge in [0.1, 0.15) is 5.69 Å². The number of nitrogens with zero attached hydrogens (tertiary/aromatic N) is 2. The van der Waals surface area contributed by atoms with Gasteiger partial charge < -0.3 is 10.3 Å². The van der Waals surface area contributed by atoms with Crippen molar-refractivity contribution >= 4 is 17.2 Å². The van der Waals surface area contributed by atoms with E-state index in [-0.39, 0.29) is 23.4 Å². The molecule has 0 unspecified atom stereocenters. The molecule has 1 aliphatic carbocycles. The lowest BCUT2D eigenvalue weighted by Crippen LogP contribution is -2.33. The molecule has 1 atom stereocenters. The van der Waals surface area contributed by atoms with Crippen molar-refractivity contribution in [3.05, 3.63) is 67.9 Å². The van der Waals surface area contributed by atoms with Gasteiger partial charge >= 0.3 is 0 Å². The lowest BCUT2D eigenvalue weighted by Gasteiger charge is -2.22. The summed E-state index contributed by atoms with van der Waals surface area (Å²) < 4.78 is 0. The van der Waals surface area contributed by atoms with E-state index in [9.17, 15) is 9.59 Å². The maximum atomic E-state index is 13.1. The summed E-state index contributed by atoms with van der Waals surface area (Å²) in [7, 11) is 0. The van der Waals surface area contributed by atoms with Crippen molar-refractivity contribution in [2.75, 3.05) is 0 Å². The van der Waals surface area contributed by atoms with Crippen LogP contribution in [-0.2, 0) is 12.8 Å². The standard InChI is InChI=1S/C22H24N4O2S/c1-13(2)20(26-22(28)15-12-29-18-9-4-3-7-14(15)18)17-11-19(27)25-21(24-17)16-8-5-6-10-23-16/h5-6,8,10-13,20H,3-4,7,9H2,1-2H3,(H,26,28)(H,24,25,27)/t20-/m1/s1. The highest BCUT2D eigenvalue weighted by Gasteiger charge is 2.25. The molecule has 1 amide bonds. The number of carbonyl (C=O) groups is 1. The summed E-state index contributed by atoms with van der Waals surface area (Å²) in [6.45, 7) is 4.02. The maximum Gasteiger partial charge on any atom is 0.252 e. The van der Waals surface area contributed by atoms with Crippen molar-refractivity contribution in [2.24, 2.45) is 5.92 Å². The van der Waals surface area contributed by atoms with Crippen LogP contribution in [0.5, 0.6) is 0 Å². The summed E-state index contributed by atoms with van der Waals surface area (Å²) in [4.78, 5) is 38.3. The molecule has 4 rings (SSSR count). The normalized spacial score (nSPS) is 14.4. The Morgan fingerprint density at radius 1 is 1.24 bits per heavy atom. The first-order chi connectivity index (χ1) is 14.0. The molecule has 0 saturated carbocycles. The van der Waals surface area contributed by atoms with Gasteiger partial charge in [0.2, 0.25) is 0 Å². The third-order valence-electron chi connectivity index (χ3n) is 5.25. The molecule has 3 aromatic rings. The minimum absolute atomic E-state index is 0.0688. The van der Waals surface area contributed by atoms with Crippen molar-refractivity contribution in [3.63, 3.8) is 0 Å². The Kier molecular flexibility index (Phi) is 5.58. The second kappa shape index (κ2) is 8.29. The molecule has 3 aromatic heterocycles. The van der Waals surface area contributed by atoms with Gasteiger partial charge in [-0.3, -0.25) is 14.6 Å². The van der Waals surface area contributed by atoms with E-state index in [1.54, 1.807) is 23.6 Å². The fraction of sp³-hybridized carbons (Fsp3) is 0.364. The quantitative estimate of drug-likeness (QED) is 0.670. The second-order valence-corrected chi connectivity index (χ2v) is 8.65. The van der Waals surface area contributed by atoms with E-state index in [1.165, 1.54) is 22.9 Å². The van der Waals surface area contributed by atoms with Gasteiger partial charge in [-0.05, 0) is 49.3 Å². The first-order valence-corrected chi connectivity index (χ1v) is 10.8. The van der Waals surface area contributed by atoms with Crippen LogP contribution in [0, 0.1) is 5.92 Å². The van der Waals surface area contributed by atoms with E-state index in [4.69, 9.17) is 0 Å². The number of carbonyl (C=O) groups excluding carboxylic acids is 1. The summed E-state index contributed by atoms with van der Waals surface area (Å²) in [6.07, 6.45) is 5.99. The number of amides is 1. The minimum atomic E-state index is -0.369. The average molecular weight is 409 g/mol. The molecule has 0 radical (unpaired) electrons. The zero-order chi connectivity index (χ0) is 20.4. The number of aromatic nitrogens is 3. The van der Waals surface area contributed by atoms with Crippen LogP contribution in [0.2, 0.25) is 0 Å². The molecule has 1 aliphatic rings. The average Bonchev–Trinajstić information content (AvgIpc) is 3.16. The van der Waals surface area contributed by atoms with Crippen LogP contribution >= 0.6 is 11.3 Å². The summed E-state index contributed by atoms with van der Waals surface area (Å²) in [5.74, 6) is 0.379.